The molecule has 2 rings (SSSR count). The largest absolute Gasteiger partial charge is 0.497 e. The highest BCUT2D eigenvalue weighted by Crippen LogP contribution is 2.43. The Morgan fingerprint density at radius 3 is 2.37 bits per heavy atom. The van der Waals surface area contributed by atoms with Crippen molar-refractivity contribution in [1.29, 1.82) is 0 Å². The van der Waals surface area contributed by atoms with Gasteiger partial charge in [-0.2, -0.15) is 0 Å². The molecule has 1 saturated carbocycles. The maximum absolute atomic E-state index is 5.94. The molecule has 1 aliphatic carbocycles. The van der Waals surface area contributed by atoms with Crippen molar-refractivity contribution in [3.63, 3.8) is 0 Å². The van der Waals surface area contributed by atoms with Gasteiger partial charge in [0.25, 0.3) is 0 Å². The van der Waals surface area contributed by atoms with Gasteiger partial charge in [0.15, 0.2) is 0 Å². The molecule has 1 aliphatic rings. The average molecular weight is 264 g/mol. The number of nitrogens with zero attached hydrogens (tertiary/aromatic N) is 1. The summed E-state index contributed by atoms with van der Waals surface area (Å²) in [4.78, 5) is 2.24. The van der Waals surface area contributed by atoms with Crippen molar-refractivity contribution in [1.82, 2.24) is 4.90 Å². The molecule has 1 fully saturated rings. The van der Waals surface area contributed by atoms with Gasteiger partial charge >= 0.3 is 0 Å². The Morgan fingerprint density at radius 2 is 1.89 bits per heavy atom. The molecule has 4 nitrogen and oxygen atoms in total. The van der Waals surface area contributed by atoms with E-state index in [4.69, 9.17) is 15.2 Å². The summed E-state index contributed by atoms with van der Waals surface area (Å²) in [7, 11) is 7.61. The van der Waals surface area contributed by atoms with Crippen LogP contribution in [0.25, 0.3) is 0 Å². The third-order valence-electron chi connectivity index (χ3n) is 3.97. The Labute approximate surface area is 115 Å². The highest BCUT2D eigenvalue weighted by atomic mass is 16.5. The molecule has 0 spiro atoms. The molecule has 1 unspecified atom stereocenters. The summed E-state index contributed by atoms with van der Waals surface area (Å²) in [6, 6.07) is 6.66. The molecule has 0 bridgehead atoms. The molecular weight excluding hydrogens is 240 g/mol. The lowest BCUT2D eigenvalue weighted by atomic mass is 9.73. The Bertz CT molecular complexity index is 428. The van der Waals surface area contributed by atoms with Crippen LogP contribution in [0.1, 0.15) is 24.4 Å². The molecule has 2 N–H and O–H groups in total. The number of hydrogen-bond acceptors (Lipinski definition) is 4. The zero-order valence-corrected chi connectivity index (χ0v) is 12.2. The van der Waals surface area contributed by atoms with Crippen LogP contribution in [-0.4, -0.2) is 39.3 Å². The van der Waals surface area contributed by atoms with Crippen LogP contribution >= 0.6 is 0 Å². The minimum atomic E-state index is 0.324. The Kier molecular flexibility index (Phi) is 4.32. The van der Waals surface area contributed by atoms with Crippen LogP contribution in [-0.2, 0) is 0 Å². The van der Waals surface area contributed by atoms with E-state index in [1.165, 1.54) is 5.56 Å². The number of nitrogens with two attached hydrogens (primary N) is 1. The molecule has 0 saturated heterocycles. The molecule has 19 heavy (non-hydrogen) atoms. The second kappa shape index (κ2) is 5.80. The summed E-state index contributed by atoms with van der Waals surface area (Å²) >= 11 is 0. The summed E-state index contributed by atoms with van der Waals surface area (Å²) in [5, 5.41) is 0. The summed E-state index contributed by atoms with van der Waals surface area (Å²) in [6.07, 6.45) is 2.15. The number of rotatable bonds is 5. The Hall–Kier alpha value is -1.26. The van der Waals surface area contributed by atoms with Gasteiger partial charge in [0, 0.05) is 17.6 Å². The molecule has 0 heterocycles. The van der Waals surface area contributed by atoms with Crippen molar-refractivity contribution in [2.24, 2.45) is 11.7 Å². The van der Waals surface area contributed by atoms with Gasteiger partial charge < -0.3 is 20.1 Å². The average Bonchev–Trinajstić information content (AvgIpc) is 2.36. The first kappa shape index (κ1) is 14.2. The van der Waals surface area contributed by atoms with Crippen LogP contribution < -0.4 is 15.2 Å². The predicted octanol–water partition coefficient (Wildman–Crippen LogP) is 2.04. The second-order valence-corrected chi connectivity index (χ2v) is 5.51. The fraction of sp³-hybridized carbons (Fsp3) is 0.600. The molecule has 4 heteroatoms. The summed E-state index contributed by atoms with van der Waals surface area (Å²) in [5.41, 5.74) is 7.12. The van der Waals surface area contributed by atoms with Crippen molar-refractivity contribution in [2.45, 2.75) is 24.9 Å². The van der Waals surface area contributed by atoms with Gasteiger partial charge in [-0.25, -0.2) is 0 Å². The SMILES string of the molecule is COc1ccc(OC)c(C(C2CC(N)C2)N(C)C)c1. The molecule has 0 amide bonds. The summed E-state index contributed by atoms with van der Waals surface area (Å²) in [5.74, 6) is 2.37. The molecule has 0 radical (unpaired) electrons. The minimum Gasteiger partial charge on any atom is -0.497 e. The predicted molar refractivity (Wildman–Crippen MR) is 76.7 cm³/mol. The van der Waals surface area contributed by atoms with Crippen LogP contribution in [0.2, 0.25) is 0 Å². The third-order valence-corrected chi connectivity index (χ3v) is 3.97. The lowest BCUT2D eigenvalue weighted by Crippen LogP contribution is -2.43. The number of ether oxygens (including phenoxy) is 2. The fourth-order valence-electron chi connectivity index (χ4n) is 2.99. The zero-order chi connectivity index (χ0) is 14.0. The molecule has 1 atom stereocenters. The van der Waals surface area contributed by atoms with E-state index in [0.717, 1.165) is 24.3 Å². The number of benzene rings is 1. The highest BCUT2D eigenvalue weighted by Gasteiger charge is 2.36. The molecule has 1 aromatic rings. The van der Waals surface area contributed by atoms with E-state index >= 15 is 0 Å². The zero-order valence-electron chi connectivity index (χ0n) is 12.2. The molecule has 1 aromatic carbocycles. The summed E-state index contributed by atoms with van der Waals surface area (Å²) in [6.45, 7) is 0. The van der Waals surface area contributed by atoms with Crippen LogP contribution in [0.5, 0.6) is 11.5 Å². The maximum Gasteiger partial charge on any atom is 0.123 e. The highest BCUT2D eigenvalue weighted by molar-refractivity contribution is 5.42. The van der Waals surface area contributed by atoms with Crippen molar-refractivity contribution in [3.05, 3.63) is 23.8 Å². The van der Waals surface area contributed by atoms with Crippen LogP contribution in [0, 0.1) is 5.92 Å². The lowest BCUT2D eigenvalue weighted by Gasteiger charge is -2.42. The van der Waals surface area contributed by atoms with Gasteiger partial charge in [0.1, 0.15) is 11.5 Å². The van der Waals surface area contributed by atoms with Crippen molar-refractivity contribution < 1.29 is 9.47 Å². The van der Waals surface area contributed by atoms with E-state index in [1.807, 2.05) is 12.1 Å². The van der Waals surface area contributed by atoms with Gasteiger partial charge in [-0.15, -0.1) is 0 Å². The topological polar surface area (TPSA) is 47.7 Å². The molecular formula is C15H24N2O2. The van der Waals surface area contributed by atoms with Gasteiger partial charge in [0.2, 0.25) is 0 Å². The number of hydrogen-bond donors (Lipinski definition) is 1. The molecule has 0 aromatic heterocycles. The van der Waals surface area contributed by atoms with Gasteiger partial charge in [-0.05, 0) is 51.1 Å². The van der Waals surface area contributed by atoms with Gasteiger partial charge in [-0.1, -0.05) is 0 Å². The first-order chi connectivity index (χ1) is 9.06. The van der Waals surface area contributed by atoms with Crippen molar-refractivity contribution in [3.8, 4) is 11.5 Å². The Morgan fingerprint density at radius 1 is 1.21 bits per heavy atom. The minimum absolute atomic E-state index is 0.324. The quantitative estimate of drug-likeness (QED) is 0.884. The van der Waals surface area contributed by atoms with E-state index < -0.39 is 0 Å². The standard InChI is InChI=1S/C15H24N2O2/c1-17(2)15(10-7-11(16)8-10)13-9-12(18-3)5-6-14(13)19-4/h5-6,9-11,15H,7-8,16H2,1-4H3. The van der Waals surface area contributed by atoms with E-state index in [-0.39, 0.29) is 0 Å². The smallest absolute Gasteiger partial charge is 0.123 e. The molecule has 106 valence electrons. The molecule has 0 aliphatic heterocycles. The normalized spacial score (nSPS) is 23.9. The Balaban J connectivity index is 2.34. The van der Waals surface area contributed by atoms with Crippen LogP contribution in [0.4, 0.5) is 0 Å². The monoisotopic (exact) mass is 264 g/mol. The van der Waals surface area contributed by atoms with Gasteiger partial charge in [-0.3, -0.25) is 0 Å². The van der Waals surface area contributed by atoms with E-state index in [1.54, 1.807) is 14.2 Å². The van der Waals surface area contributed by atoms with E-state index in [0.29, 0.717) is 18.0 Å². The van der Waals surface area contributed by atoms with E-state index in [9.17, 15) is 0 Å². The van der Waals surface area contributed by atoms with Crippen molar-refractivity contribution >= 4 is 0 Å². The summed E-state index contributed by atoms with van der Waals surface area (Å²) < 4.78 is 10.8. The first-order valence-corrected chi connectivity index (χ1v) is 6.70. The van der Waals surface area contributed by atoms with Crippen LogP contribution in [0.15, 0.2) is 18.2 Å². The van der Waals surface area contributed by atoms with E-state index in [2.05, 4.69) is 25.1 Å². The number of methoxy groups -OCH3 is 2. The van der Waals surface area contributed by atoms with Gasteiger partial charge in [0.05, 0.1) is 14.2 Å². The fourth-order valence-corrected chi connectivity index (χ4v) is 2.99. The first-order valence-electron chi connectivity index (χ1n) is 6.70. The maximum atomic E-state index is 5.94. The lowest BCUT2D eigenvalue weighted by molar-refractivity contribution is 0.121. The second-order valence-electron chi connectivity index (χ2n) is 5.51. The third kappa shape index (κ3) is 2.85. The van der Waals surface area contributed by atoms with Crippen molar-refractivity contribution in [2.75, 3.05) is 28.3 Å². The van der Waals surface area contributed by atoms with Crippen LogP contribution in [0.3, 0.4) is 0 Å².